The lowest BCUT2D eigenvalue weighted by atomic mass is 10.1. The van der Waals surface area contributed by atoms with E-state index in [1.165, 1.54) is 12.1 Å². The highest BCUT2D eigenvalue weighted by molar-refractivity contribution is 5.30. The van der Waals surface area contributed by atoms with Crippen molar-refractivity contribution < 1.29 is 14.2 Å². The van der Waals surface area contributed by atoms with Gasteiger partial charge in [-0.1, -0.05) is 11.3 Å². The Morgan fingerprint density at radius 2 is 2.28 bits per heavy atom. The Kier molecular flexibility index (Phi) is 3.57. The molecular formula is C12H14FN3O2. The quantitative estimate of drug-likeness (QED) is 0.896. The number of aromatic nitrogens is 3. The molecule has 1 aromatic carbocycles. The van der Waals surface area contributed by atoms with Gasteiger partial charge in [-0.05, 0) is 24.6 Å². The molecule has 2 aromatic rings. The number of aliphatic hydroxyl groups excluding tert-OH is 1. The van der Waals surface area contributed by atoms with E-state index in [1.54, 1.807) is 30.9 Å². The predicted octanol–water partition coefficient (Wildman–Crippen LogP) is 1.59. The highest BCUT2D eigenvalue weighted by atomic mass is 19.1. The summed E-state index contributed by atoms with van der Waals surface area (Å²) in [6, 6.07) is 4.38. The maximum atomic E-state index is 13.6. The molecule has 0 aliphatic rings. The summed E-state index contributed by atoms with van der Waals surface area (Å²) in [7, 11) is 1.74. The van der Waals surface area contributed by atoms with Crippen molar-refractivity contribution in [3.8, 4) is 5.75 Å². The zero-order chi connectivity index (χ0) is 13.1. The number of rotatable bonds is 4. The highest BCUT2D eigenvalue weighted by Crippen LogP contribution is 2.22. The molecule has 0 saturated carbocycles. The van der Waals surface area contributed by atoms with Crippen molar-refractivity contribution >= 4 is 0 Å². The minimum absolute atomic E-state index is 0.130. The Hall–Kier alpha value is -1.95. The van der Waals surface area contributed by atoms with E-state index in [4.69, 9.17) is 4.74 Å². The maximum Gasteiger partial charge on any atom is 0.165 e. The minimum atomic E-state index is -0.700. The molecular weight excluding hydrogens is 237 g/mol. The van der Waals surface area contributed by atoms with Gasteiger partial charge >= 0.3 is 0 Å². The van der Waals surface area contributed by atoms with Gasteiger partial charge in [-0.3, -0.25) is 4.68 Å². The summed E-state index contributed by atoms with van der Waals surface area (Å²) >= 11 is 0. The van der Waals surface area contributed by atoms with E-state index in [0.29, 0.717) is 11.3 Å². The summed E-state index contributed by atoms with van der Waals surface area (Å²) in [4.78, 5) is 0. The van der Waals surface area contributed by atoms with Crippen LogP contribution in [0.5, 0.6) is 5.75 Å². The largest absolute Gasteiger partial charge is 0.484 e. The molecule has 0 radical (unpaired) electrons. The van der Waals surface area contributed by atoms with Crippen LogP contribution in [-0.2, 0) is 13.7 Å². The average molecular weight is 251 g/mol. The van der Waals surface area contributed by atoms with Gasteiger partial charge in [0.2, 0.25) is 0 Å². The van der Waals surface area contributed by atoms with E-state index in [-0.39, 0.29) is 12.4 Å². The summed E-state index contributed by atoms with van der Waals surface area (Å²) < 4.78 is 20.5. The molecule has 0 amide bonds. The van der Waals surface area contributed by atoms with E-state index in [1.807, 2.05) is 0 Å². The topological polar surface area (TPSA) is 60.2 Å². The molecule has 0 unspecified atom stereocenters. The number of benzene rings is 1. The van der Waals surface area contributed by atoms with Crippen molar-refractivity contribution in [3.63, 3.8) is 0 Å². The second-order valence-electron chi connectivity index (χ2n) is 4.04. The predicted molar refractivity (Wildman–Crippen MR) is 62.4 cm³/mol. The Bertz CT molecular complexity index is 540. The molecule has 5 nitrogen and oxygen atoms in total. The molecule has 96 valence electrons. The molecule has 0 spiro atoms. The first kappa shape index (κ1) is 12.5. The molecule has 0 bridgehead atoms. The highest BCUT2D eigenvalue weighted by Gasteiger charge is 2.08. The van der Waals surface area contributed by atoms with Crippen LogP contribution >= 0.6 is 0 Å². The first-order valence-electron chi connectivity index (χ1n) is 5.52. The lowest BCUT2D eigenvalue weighted by Crippen LogP contribution is -1.99. The first-order chi connectivity index (χ1) is 8.56. The maximum absolute atomic E-state index is 13.6. The molecule has 6 heteroatoms. The SMILES string of the molecule is C[C@H](O)c1ccc(OCc2cn(C)nn2)c(F)c1. The number of hydrogen-bond donors (Lipinski definition) is 1. The summed E-state index contributed by atoms with van der Waals surface area (Å²) in [6.45, 7) is 1.73. The van der Waals surface area contributed by atoms with Gasteiger partial charge in [-0.25, -0.2) is 4.39 Å². The van der Waals surface area contributed by atoms with Gasteiger partial charge in [0, 0.05) is 7.05 Å². The van der Waals surface area contributed by atoms with Gasteiger partial charge in [0.25, 0.3) is 0 Å². The van der Waals surface area contributed by atoms with Gasteiger partial charge in [0.1, 0.15) is 12.3 Å². The molecule has 1 heterocycles. The minimum Gasteiger partial charge on any atom is -0.484 e. The van der Waals surface area contributed by atoms with Crippen LogP contribution in [0.2, 0.25) is 0 Å². The average Bonchev–Trinajstić information content (AvgIpc) is 2.73. The van der Waals surface area contributed by atoms with E-state index in [2.05, 4.69) is 10.3 Å². The van der Waals surface area contributed by atoms with Crippen LogP contribution in [0, 0.1) is 5.82 Å². The van der Waals surface area contributed by atoms with Gasteiger partial charge in [0.15, 0.2) is 11.6 Å². The van der Waals surface area contributed by atoms with Crippen LogP contribution in [0.1, 0.15) is 24.3 Å². The zero-order valence-corrected chi connectivity index (χ0v) is 10.2. The second-order valence-corrected chi connectivity index (χ2v) is 4.04. The Morgan fingerprint density at radius 3 is 2.83 bits per heavy atom. The fourth-order valence-corrected chi connectivity index (χ4v) is 1.51. The molecule has 1 atom stereocenters. The van der Waals surface area contributed by atoms with E-state index >= 15 is 0 Å². The third kappa shape index (κ3) is 2.84. The molecule has 0 aliphatic heterocycles. The van der Waals surface area contributed by atoms with E-state index < -0.39 is 11.9 Å². The number of aryl methyl sites for hydroxylation is 1. The number of nitrogens with zero attached hydrogens (tertiary/aromatic N) is 3. The van der Waals surface area contributed by atoms with Crippen molar-refractivity contribution in [2.24, 2.45) is 7.05 Å². The fourth-order valence-electron chi connectivity index (χ4n) is 1.51. The van der Waals surface area contributed by atoms with Crippen molar-refractivity contribution in [1.82, 2.24) is 15.0 Å². The molecule has 18 heavy (non-hydrogen) atoms. The first-order valence-corrected chi connectivity index (χ1v) is 5.52. The Morgan fingerprint density at radius 1 is 1.50 bits per heavy atom. The van der Waals surface area contributed by atoms with Crippen LogP contribution < -0.4 is 4.74 Å². The molecule has 0 fully saturated rings. The zero-order valence-electron chi connectivity index (χ0n) is 10.2. The summed E-state index contributed by atoms with van der Waals surface area (Å²) in [5.74, 6) is -0.373. The van der Waals surface area contributed by atoms with Gasteiger partial charge in [0.05, 0.1) is 12.3 Å². The van der Waals surface area contributed by atoms with E-state index in [9.17, 15) is 9.50 Å². The molecule has 0 saturated heterocycles. The number of ether oxygens (including phenoxy) is 1. The van der Waals surface area contributed by atoms with Crippen LogP contribution in [0.4, 0.5) is 4.39 Å². The molecule has 1 aromatic heterocycles. The standard InChI is InChI=1S/C12H14FN3O2/c1-8(17)9-3-4-12(11(13)5-9)18-7-10-6-16(2)15-14-10/h3-6,8,17H,7H2,1-2H3/t8-/m0/s1. The van der Waals surface area contributed by atoms with E-state index in [0.717, 1.165) is 0 Å². The van der Waals surface area contributed by atoms with Crippen molar-refractivity contribution in [2.75, 3.05) is 0 Å². The monoisotopic (exact) mass is 251 g/mol. The Labute approximate surface area is 104 Å². The summed E-state index contributed by atoms with van der Waals surface area (Å²) in [5.41, 5.74) is 1.14. The fraction of sp³-hybridized carbons (Fsp3) is 0.333. The number of hydrogen-bond acceptors (Lipinski definition) is 4. The normalized spacial score (nSPS) is 12.4. The third-order valence-electron chi connectivity index (χ3n) is 2.46. The van der Waals surface area contributed by atoms with Crippen LogP contribution in [-0.4, -0.2) is 20.1 Å². The molecule has 1 N–H and O–H groups in total. The van der Waals surface area contributed by atoms with Crippen LogP contribution in [0.25, 0.3) is 0 Å². The molecule has 0 aliphatic carbocycles. The van der Waals surface area contributed by atoms with Crippen molar-refractivity contribution in [2.45, 2.75) is 19.6 Å². The lowest BCUT2D eigenvalue weighted by Gasteiger charge is -2.08. The Balaban J connectivity index is 2.05. The number of halogens is 1. The lowest BCUT2D eigenvalue weighted by molar-refractivity contribution is 0.198. The smallest absolute Gasteiger partial charge is 0.165 e. The van der Waals surface area contributed by atoms with Gasteiger partial charge in [-0.15, -0.1) is 5.10 Å². The van der Waals surface area contributed by atoms with Crippen LogP contribution in [0.15, 0.2) is 24.4 Å². The van der Waals surface area contributed by atoms with Crippen LogP contribution in [0.3, 0.4) is 0 Å². The van der Waals surface area contributed by atoms with Gasteiger partial charge in [-0.2, -0.15) is 0 Å². The second kappa shape index (κ2) is 5.14. The molecule has 2 rings (SSSR count). The number of aliphatic hydroxyl groups is 1. The summed E-state index contributed by atoms with van der Waals surface area (Å²) in [6.07, 6.45) is 0.996. The van der Waals surface area contributed by atoms with Crippen molar-refractivity contribution in [3.05, 3.63) is 41.5 Å². The van der Waals surface area contributed by atoms with Crippen molar-refractivity contribution in [1.29, 1.82) is 0 Å². The van der Waals surface area contributed by atoms with Gasteiger partial charge < -0.3 is 9.84 Å². The third-order valence-corrected chi connectivity index (χ3v) is 2.46. The summed E-state index contributed by atoms with van der Waals surface area (Å²) in [5, 5.41) is 16.9.